The Morgan fingerprint density at radius 3 is 2.43 bits per heavy atom. The summed E-state index contributed by atoms with van der Waals surface area (Å²) in [7, 11) is 0. The molecule has 8 heteroatoms. The molecule has 1 aliphatic heterocycles. The van der Waals surface area contributed by atoms with E-state index in [9.17, 15) is 8.78 Å². The summed E-state index contributed by atoms with van der Waals surface area (Å²) in [4.78, 5) is 6.04. The molecule has 1 aliphatic rings. The van der Waals surface area contributed by atoms with Crippen molar-refractivity contribution < 1.29 is 8.78 Å². The van der Waals surface area contributed by atoms with Crippen molar-refractivity contribution in [2.24, 2.45) is 0 Å². The van der Waals surface area contributed by atoms with E-state index in [0.29, 0.717) is 31.7 Å². The van der Waals surface area contributed by atoms with Gasteiger partial charge in [0.15, 0.2) is 0 Å². The topological polar surface area (TPSA) is 28.2 Å². The standard InChI is InChI=1S/C15H16ClF2N3.2ClH/c16-14-11(9-10-3-1-2-4-12(10)20-14)13(15(17)18)21-7-5-19-6-8-21;;/h1-4,9,13,15,19H,5-8H2;2*1H/t13-;;/m1../s1. The Kier molecular flexibility index (Phi) is 7.90. The van der Waals surface area contributed by atoms with E-state index in [-0.39, 0.29) is 30.0 Å². The van der Waals surface area contributed by atoms with E-state index in [1.807, 2.05) is 24.3 Å². The second-order valence-corrected chi connectivity index (χ2v) is 5.48. The summed E-state index contributed by atoms with van der Waals surface area (Å²) in [5.74, 6) is 0. The first-order valence-corrected chi connectivity index (χ1v) is 7.33. The molecule has 0 radical (unpaired) electrons. The van der Waals surface area contributed by atoms with Crippen LogP contribution in [0.25, 0.3) is 10.9 Å². The molecule has 3 nitrogen and oxygen atoms in total. The van der Waals surface area contributed by atoms with Crippen LogP contribution in [0.3, 0.4) is 0 Å². The molecule has 0 aliphatic carbocycles. The molecule has 0 spiro atoms. The minimum atomic E-state index is -2.50. The second-order valence-electron chi connectivity index (χ2n) is 5.13. The van der Waals surface area contributed by atoms with Gasteiger partial charge in [-0.05, 0) is 12.1 Å². The van der Waals surface area contributed by atoms with E-state index in [2.05, 4.69) is 10.3 Å². The first-order chi connectivity index (χ1) is 10.2. The summed E-state index contributed by atoms with van der Waals surface area (Å²) < 4.78 is 27.2. The Morgan fingerprint density at radius 1 is 1.13 bits per heavy atom. The lowest BCUT2D eigenvalue weighted by molar-refractivity contribution is 0.0181. The van der Waals surface area contributed by atoms with Crippen molar-refractivity contribution in [3.63, 3.8) is 0 Å². The Morgan fingerprint density at radius 2 is 1.78 bits per heavy atom. The number of aromatic nitrogens is 1. The molecule has 0 unspecified atom stereocenters. The average Bonchev–Trinajstić information content (AvgIpc) is 2.49. The lowest BCUT2D eigenvalue weighted by Crippen LogP contribution is -2.47. The van der Waals surface area contributed by atoms with Crippen LogP contribution in [0, 0.1) is 0 Å². The smallest absolute Gasteiger partial charge is 0.258 e. The van der Waals surface area contributed by atoms with E-state index < -0.39 is 12.5 Å². The monoisotopic (exact) mass is 383 g/mol. The van der Waals surface area contributed by atoms with Crippen LogP contribution >= 0.6 is 36.4 Å². The Balaban J connectivity index is 0.00000132. The number of nitrogens with one attached hydrogen (secondary N) is 1. The van der Waals surface area contributed by atoms with E-state index in [0.717, 1.165) is 10.9 Å². The molecule has 2 aromatic rings. The molecule has 3 rings (SSSR count). The van der Waals surface area contributed by atoms with Crippen LogP contribution in [-0.2, 0) is 0 Å². The molecule has 23 heavy (non-hydrogen) atoms. The summed E-state index contributed by atoms with van der Waals surface area (Å²) in [5.41, 5.74) is 1.13. The fraction of sp³-hybridized carbons (Fsp3) is 0.400. The largest absolute Gasteiger partial charge is 0.314 e. The van der Waals surface area contributed by atoms with Crippen molar-refractivity contribution in [2.75, 3.05) is 26.2 Å². The zero-order valence-corrected chi connectivity index (χ0v) is 14.6. The minimum Gasteiger partial charge on any atom is -0.314 e. The van der Waals surface area contributed by atoms with Crippen molar-refractivity contribution in [3.8, 4) is 0 Å². The minimum absolute atomic E-state index is 0. The van der Waals surface area contributed by atoms with Gasteiger partial charge in [-0.2, -0.15) is 0 Å². The van der Waals surface area contributed by atoms with Gasteiger partial charge in [0.1, 0.15) is 5.15 Å². The third-order valence-electron chi connectivity index (χ3n) is 3.81. The van der Waals surface area contributed by atoms with Crippen LogP contribution in [0.15, 0.2) is 30.3 Å². The van der Waals surface area contributed by atoms with Gasteiger partial charge in [0.05, 0.1) is 11.6 Å². The highest BCUT2D eigenvalue weighted by Gasteiger charge is 2.32. The Bertz CT molecular complexity index is 636. The molecule has 0 bridgehead atoms. The maximum atomic E-state index is 13.6. The fourth-order valence-electron chi connectivity index (χ4n) is 2.77. The van der Waals surface area contributed by atoms with Crippen LogP contribution in [0.1, 0.15) is 11.6 Å². The molecule has 1 fully saturated rings. The van der Waals surface area contributed by atoms with Crippen LogP contribution in [0.5, 0.6) is 0 Å². The van der Waals surface area contributed by atoms with Gasteiger partial charge in [0.25, 0.3) is 6.43 Å². The number of nitrogens with zero attached hydrogens (tertiary/aromatic N) is 2. The van der Waals surface area contributed by atoms with Gasteiger partial charge in [0.2, 0.25) is 0 Å². The van der Waals surface area contributed by atoms with Gasteiger partial charge in [-0.1, -0.05) is 29.8 Å². The highest BCUT2D eigenvalue weighted by atomic mass is 35.5. The lowest BCUT2D eigenvalue weighted by Gasteiger charge is -2.34. The number of benzene rings is 1. The molecule has 2 heterocycles. The van der Waals surface area contributed by atoms with Crippen molar-refractivity contribution in [1.29, 1.82) is 0 Å². The molecule has 1 aromatic heterocycles. The second kappa shape index (κ2) is 8.94. The SMILES string of the molecule is Cl.Cl.FC(F)[C@@H](c1cc2ccccc2nc1Cl)N1CCNCC1. The first kappa shape index (κ1) is 20.3. The number of halogens is 5. The summed E-state index contributed by atoms with van der Waals surface area (Å²) >= 11 is 6.17. The van der Waals surface area contributed by atoms with Gasteiger partial charge in [-0.25, -0.2) is 13.8 Å². The van der Waals surface area contributed by atoms with Gasteiger partial charge < -0.3 is 5.32 Å². The molecule has 0 saturated carbocycles. The summed E-state index contributed by atoms with van der Waals surface area (Å²) in [6.45, 7) is 2.58. The van der Waals surface area contributed by atoms with E-state index in [1.165, 1.54) is 0 Å². The van der Waals surface area contributed by atoms with Gasteiger partial charge in [0, 0.05) is 37.1 Å². The number of rotatable bonds is 3. The summed E-state index contributed by atoms with van der Waals surface area (Å²) in [6, 6.07) is 8.15. The number of pyridine rings is 1. The van der Waals surface area contributed by atoms with Crippen molar-refractivity contribution in [2.45, 2.75) is 12.5 Å². The molecule has 1 saturated heterocycles. The normalized spacial score (nSPS) is 16.7. The number of alkyl halides is 2. The zero-order valence-electron chi connectivity index (χ0n) is 12.2. The molecule has 128 valence electrons. The highest BCUT2D eigenvalue weighted by Crippen LogP contribution is 2.33. The quantitative estimate of drug-likeness (QED) is 0.812. The van der Waals surface area contributed by atoms with Gasteiger partial charge >= 0.3 is 0 Å². The molecule has 1 atom stereocenters. The van der Waals surface area contributed by atoms with Crippen molar-refractivity contribution in [1.82, 2.24) is 15.2 Å². The maximum absolute atomic E-state index is 13.6. The number of piperazine rings is 1. The number of fused-ring (bicyclic) bond motifs is 1. The Labute approximate surface area is 151 Å². The zero-order chi connectivity index (χ0) is 14.8. The molecular weight excluding hydrogens is 367 g/mol. The predicted octanol–water partition coefficient (Wildman–Crippen LogP) is 3.94. The third kappa shape index (κ3) is 4.43. The lowest BCUT2D eigenvalue weighted by atomic mass is 10.0. The van der Waals surface area contributed by atoms with E-state index in [4.69, 9.17) is 11.6 Å². The summed E-state index contributed by atoms with van der Waals surface area (Å²) in [5, 5.41) is 4.16. The van der Waals surface area contributed by atoms with Crippen LogP contribution in [0.2, 0.25) is 5.15 Å². The first-order valence-electron chi connectivity index (χ1n) is 6.95. The van der Waals surface area contributed by atoms with Crippen LogP contribution in [0.4, 0.5) is 8.78 Å². The van der Waals surface area contributed by atoms with Crippen LogP contribution in [-0.4, -0.2) is 42.5 Å². The predicted molar refractivity (Wildman–Crippen MR) is 94.4 cm³/mol. The van der Waals surface area contributed by atoms with Crippen molar-refractivity contribution in [3.05, 3.63) is 41.0 Å². The van der Waals surface area contributed by atoms with E-state index >= 15 is 0 Å². The van der Waals surface area contributed by atoms with Gasteiger partial charge in [-0.3, -0.25) is 4.90 Å². The number of hydrogen-bond donors (Lipinski definition) is 1. The fourth-order valence-corrected chi connectivity index (χ4v) is 3.03. The number of para-hydroxylation sites is 1. The summed E-state index contributed by atoms with van der Waals surface area (Å²) in [6.07, 6.45) is -2.50. The number of hydrogen-bond acceptors (Lipinski definition) is 3. The highest BCUT2D eigenvalue weighted by molar-refractivity contribution is 6.30. The molecular formula is C15H18Cl3F2N3. The Hall–Kier alpha value is -0.720. The molecule has 0 amide bonds. The molecule has 1 aromatic carbocycles. The third-order valence-corrected chi connectivity index (χ3v) is 4.11. The average molecular weight is 385 g/mol. The molecule has 1 N–H and O–H groups in total. The van der Waals surface area contributed by atoms with Gasteiger partial charge in [-0.15, -0.1) is 24.8 Å². The van der Waals surface area contributed by atoms with Crippen molar-refractivity contribution >= 4 is 47.3 Å². The maximum Gasteiger partial charge on any atom is 0.258 e. The van der Waals surface area contributed by atoms with Crippen LogP contribution < -0.4 is 5.32 Å². The van der Waals surface area contributed by atoms with E-state index in [1.54, 1.807) is 11.0 Å².